The molecule has 1 saturated heterocycles. The quantitative estimate of drug-likeness (QED) is 0.113. The molecule has 9 heteroatoms. The molecule has 0 radical (unpaired) electrons. The molecular formula is C42H41Cl2N3O4. The number of rotatable bonds is 13. The zero-order valence-electron chi connectivity index (χ0n) is 28.9. The van der Waals surface area contributed by atoms with Crippen molar-refractivity contribution in [3.05, 3.63) is 153 Å². The summed E-state index contributed by atoms with van der Waals surface area (Å²) < 4.78 is 17.7. The summed E-state index contributed by atoms with van der Waals surface area (Å²) in [6, 6.07) is 31.7. The molecule has 0 N–H and O–H groups in total. The van der Waals surface area contributed by atoms with Crippen molar-refractivity contribution in [2.75, 3.05) is 32.8 Å². The molecule has 2 heterocycles. The highest BCUT2D eigenvalue weighted by Crippen LogP contribution is 2.34. The number of aryl methyl sites for hydroxylation is 2. The van der Waals surface area contributed by atoms with Crippen LogP contribution in [0.4, 0.5) is 0 Å². The van der Waals surface area contributed by atoms with Gasteiger partial charge < -0.3 is 19.1 Å². The number of piperazine rings is 1. The van der Waals surface area contributed by atoms with Gasteiger partial charge in [0.25, 0.3) is 0 Å². The van der Waals surface area contributed by atoms with Gasteiger partial charge in [0.05, 0.1) is 17.8 Å². The third-order valence-electron chi connectivity index (χ3n) is 8.70. The van der Waals surface area contributed by atoms with Crippen LogP contribution in [-0.4, -0.2) is 53.5 Å². The first-order chi connectivity index (χ1) is 24.8. The van der Waals surface area contributed by atoms with Gasteiger partial charge in [0.2, 0.25) is 11.8 Å². The number of hydrogen-bond donors (Lipinski definition) is 0. The number of halogens is 2. The van der Waals surface area contributed by atoms with Crippen molar-refractivity contribution in [3.8, 4) is 23.1 Å². The van der Waals surface area contributed by atoms with Crippen LogP contribution in [0.5, 0.6) is 23.1 Å². The topological polar surface area (TPSA) is 64.1 Å². The van der Waals surface area contributed by atoms with Gasteiger partial charge in [-0.3, -0.25) is 9.69 Å². The fraction of sp³-hybridized carbons (Fsp3) is 0.238. The van der Waals surface area contributed by atoms with Crippen LogP contribution in [0.3, 0.4) is 0 Å². The molecule has 6 rings (SSSR count). The molecule has 1 aliphatic heterocycles. The minimum absolute atomic E-state index is 0.0120. The first-order valence-corrected chi connectivity index (χ1v) is 17.8. The van der Waals surface area contributed by atoms with Gasteiger partial charge in [-0.15, -0.1) is 0 Å². The van der Waals surface area contributed by atoms with E-state index in [1.54, 1.807) is 36.5 Å². The molecule has 1 amide bonds. The SMILES string of the molecule is Cc1cccc(OCCc2ccc(CN3CCN(C(=O)/C=C/c4cc(C)c(Oc5ccc(OCc6ccccc6Cl)cn5)c(Cl)c4)CC3)cc2)c1. The number of carbonyl (C=O) groups is 1. The smallest absolute Gasteiger partial charge is 0.246 e. The standard InChI is InChI=1S/C42H41Cl2N3O4/c1-30-6-5-8-36(24-30)49-23-18-32-10-12-33(13-11-32)28-46-19-21-47(22-20-46)41(48)17-14-34-25-31(2)42(39(44)26-34)51-40-16-15-37(27-45-40)50-29-35-7-3-4-9-38(35)43/h3-17,24-27H,18-23,28-29H2,1-2H3/b17-14+. The highest BCUT2D eigenvalue weighted by Gasteiger charge is 2.20. The molecule has 0 aliphatic carbocycles. The lowest BCUT2D eigenvalue weighted by molar-refractivity contribution is -0.127. The van der Waals surface area contributed by atoms with Crippen LogP contribution < -0.4 is 14.2 Å². The van der Waals surface area contributed by atoms with Gasteiger partial charge in [-0.1, -0.05) is 77.8 Å². The maximum Gasteiger partial charge on any atom is 0.246 e. The minimum atomic E-state index is -0.0120. The first-order valence-electron chi connectivity index (χ1n) is 17.1. The van der Waals surface area contributed by atoms with E-state index in [1.165, 1.54) is 16.7 Å². The van der Waals surface area contributed by atoms with Crippen LogP contribution in [0.15, 0.2) is 109 Å². The minimum Gasteiger partial charge on any atom is -0.493 e. The Morgan fingerprint density at radius 3 is 2.31 bits per heavy atom. The number of pyridine rings is 1. The normalized spacial score (nSPS) is 13.4. The van der Waals surface area contributed by atoms with E-state index in [9.17, 15) is 4.79 Å². The zero-order valence-corrected chi connectivity index (χ0v) is 30.4. The fourth-order valence-corrected chi connectivity index (χ4v) is 6.34. The molecule has 0 spiro atoms. The molecule has 1 aliphatic rings. The van der Waals surface area contributed by atoms with E-state index >= 15 is 0 Å². The second kappa shape index (κ2) is 17.4. The molecule has 4 aromatic carbocycles. The van der Waals surface area contributed by atoms with Crippen LogP contribution in [0, 0.1) is 13.8 Å². The summed E-state index contributed by atoms with van der Waals surface area (Å²) in [4.78, 5) is 21.7. The molecule has 0 atom stereocenters. The molecule has 5 aromatic rings. The van der Waals surface area contributed by atoms with Crippen molar-refractivity contribution in [1.82, 2.24) is 14.8 Å². The third kappa shape index (κ3) is 10.4. The molecule has 51 heavy (non-hydrogen) atoms. The van der Waals surface area contributed by atoms with Crippen molar-refractivity contribution in [3.63, 3.8) is 0 Å². The zero-order chi connectivity index (χ0) is 35.6. The van der Waals surface area contributed by atoms with Gasteiger partial charge in [-0.25, -0.2) is 4.98 Å². The summed E-state index contributed by atoms with van der Waals surface area (Å²) in [5.41, 5.74) is 6.26. The largest absolute Gasteiger partial charge is 0.493 e. The average molecular weight is 723 g/mol. The number of aromatic nitrogens is 1. The number of carbonyl (C=O) groups excluding carboxylic acids is 1. The van der Waals surface area contributed by atoms with E-state index < -0.39 is 0 Å². The van der Waals surface area contributed by atoms with Crippen molar-refractivity contribution < 1.29 is 19.0 Å². The highest BCUT2D eigenvalue weighted by atomic mass is 35.5. The van der Waals surface area contributed by atoms with Crippen molar-refractivity contribution in [2.24, 2.45) is 0 Å². The van der Waals surface area contributed by atoms with Gasteiger partial charge >= 0.3 is 0 Å². The van der Waals surface area contributed by atoms with E-state index in [1.807, 2.05) is 54.3 Å². The predicted molar refractivity (Wildman–Crippen MR) is 204 cm³/mol. The third-order valence-corrected chi connectivity index (χ3v) is 9.35. The lowest BCUT2D eigenvalue weighted by atomic mass is 10.1. The Balaban J connectivity index is 0.937. The van der Waals surface area contributed by atoms with Gasteiger partial charge in [0.15, 0.2) is 5.75 Å². The van der Waals surface area contributed by atoms with Crippen LogP contribution in [0.2, 0.25) is 10.0 Å². The Labute approximate surface area is 310 Å². The number of hydrogen-bond acceptors (Lipinski definition) is 6. The van der Waals surface area contributed by atoms with Gasteiger partial charge in [0, 0.05) is 61.9 Å². The number of nitrogens with zero attached hydrogens (tertiary/aromatic N) is 3. The molecular weight excluding hydrogens is 681 g/mol. The highest BCUT2D eigenvalue weighted by molar-refractivity contribution is 6.32. The molecule has 0 saturated carbocycles. The monoisotopic (exact) mass is 721 g/mol. The van der Waals surface area contributed by atoms with E-state index in [-0.39, 0.29) is 5.91 Å². The molecule has 1 fully saturated rings. The lowest BCUT2D eigenvalue weighted by Gasteiger charge is -2.34. The van der Waals surface area contributed by atoms with Crippen LogP contribution in [0.1, 0.15) is 33.4 Å². The fourth-order valence-electron chi connectivity index (χ4n) is 5.84. The average Bonchev–Trinajstić information content (AvgIpc) is 3.13. The van der Waals surface area contributed by atoms with Crippen molar-refractivity contribution in [2.45, 2.75) is 33.4 Å². The Bertz CT molecular complexity index is 1930. The second-order valence-corrected chi connectivity index (χ2v) is 13.4. The summed E-state index contributed by atoms with van der Waals surface area (Å²) in [5, 5.41) is 1.09. The number of ether oxygens (including phenoxy) is 3. The van der Waals surface area contributed by atoms with Crippen molar-refractivity contribution in [1.29, 1.82) is 0 Å². The van der Waals surface area contributed by atoms with E-state index in [0.29, 0.717) is 53.7 Å². The molecule has 1 aromatic heterocycles. The Morgan fingerprint density at radius 1 is 0.804 bits per heavy atom. The predicted octanol–water partition coefficient (Wildman–Crippen LogP) is 9.36. The van der Waals surface area contributed by atoms with Crippen LogP contribution >= 0.6 is 23.2 Å². The summed E-state index contributed by atoms with van der Waals surface area (Å²) in [5.74, 6) is 2.39. The van der Waals surface area contributed by atoms with E-state index in [2.05, 4.69) is 53.2 Å². The summed E-state index contributed by atoms with van der Waals surface area (Å²) >= 11 is 12.8. The summed E-state index contributed by atoms with van der Waals surface area (Å²) in [6.07, 6.45) is 5.88. The van der Waals surface area contributed by atoms with Gasteiger partial charge in [0.1, 0.15) is 18.1 Å². The Kier molecular flexibility index (Phi) is 12.3. The molecule has 0 unspecified atom stereocenters. The van der Waals surface area contributed by atoms with E-state index in [4.69, 9.17) is 37.4 Å². The number of amides is 1. The maximum absolute atomic E-state index is 13.0. The molecule has 7 nitrogen and oxygen atoms in total. The lowest BCUT2D eigenvalue weighted by Crippen LogP contribution is -2.47. The maximum atomic E-state index is 13.0. The summed E-state index contributed by atoms with van der Waals surface area (Å²) in [6.45, 7) is 8.84. The van der Waals surface area contributed by atoms with E-state index in [0.717, 1.165) is 48.5 Å². The number of benzene rings is 4. The van der Waals surface area contributed by atoms with Gasteiger partial charge in [-0.05, 0) is 84.1 Å². The second-order valence-electron chi connectivity index (χ2n) is 12.6. The van der Waals surface area contributed by atoms with Gasteiger partial charge in [-0.2, -0.15) is 0 Å². The Hall–Kier alpha value is -4.82. The van der Waals surface area contributed by atoms with Crippen LogP contribution in [-0.2, 0) is 24.4 Å². The molecule has 0 bridgehead atoms. The van der Waals surface area contributed by atoms with Crippen LogP contribution in [0.25, 0.3) is 6.08 Å². The Morgan fingerprint density at radius 2 is 1.59 bits per heavy atom. The summed E-state index contributed by atoms with van der Waals surface area (Å²) in [7, 11) is 0. The van der Waals surface area contributed by atoms with Crippen molar-refractivity contribution >= 4 is 35.2 Å². The first kappa shape index (κ1) is 36.0. The molecule has 262 valence electrons.